The third-order valence-electron chi connectivity index (χ3n) is 4.89. The van der Waals surface area contributed by atoms with Gasteiger partial charge in [0, 0.05) is 38.1 Å². The number of H-pyrrole nitrogens is 1. The van der Waals surface area contributed by atoms with E-state index in [9.17, 15) is 5.11 Å². The number of aromatic amines is 1. The van der Waals surface area contributed by atoms with Gasteiger partial charge in [-0.25, -0.2) is 4.98 Å². The molecule has 0 aliphatic carbocycles. The number of aromatic hydroxyl groups is 1. The lowest BCUT2D eigenvalue weighted by atomic mass is 10.2. The molecule has 0 unspecified atom stereocenters. The van der Waals surface area contributed by atoms with Gasteiger partial charge in [-0.3, -0.25) is 0 Å². The van der Waals surface area contributed by atoms with Crippen LogP contribution in [0.3, 0.4) is 0 Å². The lowest BCUT2D eigenvalue weighted by Gasteiger charge is -2.34. The smallest absolute Gasteiger partial charge is 0.228 e. The Labute approximate surface area is 152 Å². The fourth-order valence-corrected chi connectivity index (χ4v) is 3.37. The quantitative estimate of drug-likeness (QED) is 0.670. The minimum absolute atomic E-state index is 0.0810. The molecule has 0 atom stereocenters. The molecule has 7 nitrogen and oxygen atoms in total. The highest BCUT2D eigenvalue weighted by atomic mass is 16.3. The SMILES string of the molecule is CCN1CCN(c2nc(Nc3cccc(C)c3)c3c(O)[nH]cc3n2)CC1. The summed E-state index contributed by atoms with van der Waals surface area (Å²) in [6, 6.07) is 8.09. The number of anilines is 3. The molecule has 3 N–H and O–H groups in total. The number of rotatable bonds is 4. The predicted molar refractivity (Wildman–Crippen MR) is 104 cm³/mol. The molecular formula is C19H24N6O. The maximum Gasteiger partial charge on any atom is 0.228 e. The fourth-order valence-electron chi connectivity index (χ4n) is 3.37. The van der Waals surface area contributed by atoms with Crippen LogP contribution in [0.25, 0.3) is 10.9 Å². The highest BCUT2D eigenvalue weighted by Crippen LogP contribution is 2.32. The number of fused-ring (bicyclic) bond motifs is 1. The standard InChI is InChI=1S/C19H24N6O/c1-3-24-7-9-25(10-8-24)19-22-15-12-20-18(26)16(15)17(23-19)21-14-6-4-5-13(2)11-14/h4-6,11-12,20,26H,3,7-10H2,1-2H3,(H,21,22,23). The van der Waals surface area contributed by atoms with E-state index in [2.05, 4.69) is 38.1 Å². The molecule has 1 aliphatic rings. The Bertz CT molecular complexity index is 914. The number of hydrogen-bond acceptors (Lipinski definition) is 6. The Morgan fingerprint density at radius 3 is 2.73 bits per heavy atom. The lowest BCUT2D eigenvalue weighted by molar-refractivity contribution is 0.270. The van der Waals surface area contributed by atoms with Crippen molar-refractivity contribution in [2.24, 2.45) is 0 Å². The summed E-state index contributed by atoms with van der Waals surface area (Å²) < 4.78 is 0. The summed E-state index contributed by atoms with van der Waals surface area (Å²) in [6.07, 6.45) is 1.72. The summed E-state index contributed by atoms with van der Waals surface area (Å²) >= 11 is 0. The van der Waals surface area contributed by atoms with Crippen molar-refractivity contribution in [2.75, 3.05) is 42.9 Å². The molecule has 1 saturated heterocycles. The first kappa shape index (κ1) is 16.7. The average Bonchev–Trinajstić information content (AvgIpc) is 3.03. The van der Waals surface area contributed by atoms with Crippen molar-refractivity contribution in [3.63, 3.8) is 0 Å². The molecule has 26 heavy (non-hydrogen) atoms. The molecule has 1 fully saturated rings. The largest absolute Gasteiger partial charge is 0.494 e. The molecule has 2 aromatic heterocycles. The van der Waals surface area contributed by atoms with Crippen LogP contribution in [-0.4, -0.2) is 57.7 Å². The highest BCUT2D eigenvalue weighted by molar-refractivity contribution is 5.96. The number of hydrogen-bond donors (Lipinski definition) is 3. The molecule has 1 aromatic carbocycles. The predicted octanol–water partition coefficient (Wildman–Crippen LogP) is 2.86. The van der Waals surface area contributed by atoms with Crippen LogP contribution in [0.2, 0.25) is 0 Å². The molecule has 0 saturated carbocycles. The van der Waals surface area contributed by atoms with Crippen LogP contribution in [0, 0.1) is 6.92 Å². The van der Waals surface area contributed by atoms with Crippen molar-refractivity contribution in [1.82, 2.24) is 19.9 Å². The zero-order valence-corrected chi connectivity index (χ0v) is 15.2. The number of aromatic nitrogens is 3. The Morgan fingerprint density at radius 2 is 2.00 bits per heavy atom. The van der Waals surface area contributed by atoms with Crippen LogP contribution >= 0.6 is 0 Å². The van der Waals surface area contributed by atoms with Crippen LogP contribution in [0.5, 0.6) is 5.88 Å². The van der Waals surface area contributed by atoms with E-state index in [1.807, 2.05) is 25.1 Å². The number of nitrogens with one attached hydrogen (secondary N) is 2. The number of benzene rings is 1. The molecule has 136 valence electrons. The van der Waals surface area contributed by atoms with Gasteiger partial charge in [-0.05, 0) is 31.2 Å². The minimum atomic E-state index is 0.0810. The number of likely N-dealkylation sites (N-methyl/N-ethyl adjacent to an activating group) is 1. The first-order valence-electron chi connectivity index (χ1n) is 9.03. The minimum Gasteiger partial charge on any atom is -0.494 e. The van der Waals surface area contributed by atoms with Gasteiger partial charge in [0.05, 0.1) is 5.52 Å². The molecular weight excluding hydrogens is 328 g/mol. The van der Waals surface area contributed by atoms with E-state index in [-0.39, 0.29) is 5.88 Å². The Balaban J connectivity index is 1.70. The lowest BCUT2D eigenvalue weighted by Crippen LogP contribution is -2.46. The van der Waals surface area contributed by atoms with Gasteiger partial charge >= 0.3 is 0 Å². The number of piperazine rings is 1. The maximum absolute atomic E-state index is 10.2. The highest BCUT2D eigenvalue weighted by Gasteiger charge is 2.21. The van der Waals surface area contributed by atoms with Gasteiger partial charge in [0.1, 0.15) is 11.2 Å². The van der Waals surface area contributed by atoms with Crippen molar-refractivity contribution < 1.29 is 5.11 Å². The first-order chi connectivity index (χ1) is 12.6. The van der Waals surface area contributed by atoms with E-state index in [4.69, 9.17) is 4.98 Å². The molecule has 7 heteroatoms. The summed E-state index contributed by atoms with van der Waals surface area (Å²) in [5, 5.41) is 14.2. The Morgan fingerprint density at radius 1 is 1.19 bits per heavy atom. The maximum atomic E-state index is 10.2. The second kappa shape index (κ2) is 6.84. The van der Waals surface area contributed by atoms with E-state index in [1.165, 1.54) is 0 Å². The van der Waals surface area contributed by atoms with E-state index in [1.54, 1.807) is 6.20 Å². The number of nitrogens with zero attached hydrogens (tertiary/aromatic N) is 4. The molecule has 4 rings (SSSR count). The molecule has 1 aliphatic heterocycles. The second-order valence-electron chi connectivity index (χ2n) is 6.69. The van der Waals surface area contributed by atoms with Gasteiger partial charge in [-0.2, -0.15) is 4.98 Å². The van der Waals surface area contributed by atoms with E-state index in [0.717, 1.165) is 44.0 Å². The van der Waals surface area contributed by atoms with E-state index >= 15 is 0 Å². The molecule has 3 heterocycles. The van der Waals surface area contributed by atoms with Gasteiger partial charge in [0.2, 0.25) is 11.8 Å². The van der Waals surface area contributed by atoms with Crippen LogP contribution in [-0.2, 0) is 0 Å². The molecule has 0 spiro atoms. The Kier molecular flexibility index (Phi) is 4.38. The molecule has 0 radical (unpaired) electrons. The van der Waals surface area contributed by atoms with Gasteiger partial charge in [-0.1, -0.05) is 19.1 Å². The van der Waals surface area contributed by atoms with Crippen LogP contribution in [0.4, 0.5) is 17.5 Å². The van der Waals surface area contributed by atoms with Crippen molar-refractivity contribution in [2.45, 2.75) is 13.8 Å². The first-order valence-corrected chi connectivity index (χ1v) is 9.03. The van der Waals surface area contributed by atoms with Gasteiger partial charge in [0.15, 0.2) is 0 Å². The summed E-state index contributed by atoms with van der Waals surface area (Å²) in [7, 11) is 0. The van der Waals surface area contributed by atoms with Gasteiger partial charge in [-0.15, -0.1) is 0 Å². The van der Waals surface area contributed by atoms with Crippen molar-refractivity contribution in [3.8, 4) is 5.88 Å². The summed E-state index contributed by atoms with van der Waals surface area (Å²) in [5.74, 6) is 1.40. The molecule has 0 bridgehead atoms. The topological polar surface area (TPSA) is 80.3 Å². The summed E-state index contributed by atoms with van der Waals surface area (Å²) in [4.78, 5) is 16.9. The molecule has 0 amide bonds. The van der Waals surface area contributed by atoms with E-state index in [0.29, 0.717) is 22.7 Å². The second-order valence-corrected chi connectivity index (χ2v) is 6.69. The van der Waals surface area contributed by atoms with Crippen molar-refractivity contribution in [1.29, 1.82) is 0 Å². The third kappa shape index (κ3) is 3.17. The average molecular weight is 352 g/mol. The monoisotopic (exact) mass is 352 g/mol. The van der Waals surface area contributed by atoms with Gasteiger partial charge in [0.25, 0.3) is 0 Å². The van der Waals surface area contributed by atoms with Crippen molar-refractivity contribution >= 4 is 28.4 Å². The van der Waals surface area contributed by atoms with Gasteiger partial charge < -0.3 is 25.2 Å². The Hall–Kier alpha value is -2.80. The van der Waals surface area contributed by atoms with Crippen LogP contribution < -0.4 is 10.2 Å². The van der Waals surface area contributed by atoms with Crippen LogP contribution in [0.1, 0.15) is 12.5 Å². The fraction of sp³-hybridized carbons (Fsp3) is 0.368. The molecule has 3 aromatic rings. The van der Waals surface area contributed by atoms with E-state index < -0.39 is 0 Å². The third-order valence-corrected chi connectivity index (χ3v) is 4.89. The zero-order chi connectivity index (χ0) is 18.1. The zero-order valence-electron chi connectivity index (χ0n) is 15.2. The van der Waals surface area contributed by atoms with Crippen molar-refractivity contribution in [3.05, 3.63) is 36.0 Å². The normalized spacial score (nSPS) is 15.5. The summed E-state index contributed by atoms with van der Waals surface area (Å²) in [6.45, 7) is 9.13. The summed E-state index contributed by atoms with van der Waals surface area (Å²) in [5.41, 5.74) is 2.81. The number of aryl methyl sites for hydroxylation is 1. The van der Waals surface area contributed by atoms with Crippen LogP contribution in [0.15, 0.2) is 30.5 Å².